The van der Waals surface area contributed by atoms with Crippen LogP contribution in [0.5, 0.6) is 23.0 Å². The van der Waals surface area contributed by atoms with Crippen LogP contribution >= 0.6 is 0 Å². The van der Waals surface area contributed by atoms with E-state index in [2.05, 4.69) is 10.3 Å². The summed E-state index contributed by atoms with van der Waals surface area (Å²) in [5, 5.41) is 7.31. The van der Waals surface area contributed by atoms with Crippen LogP contribution in [0, 0.1) is 0 Å². The number of hydrogen-bond donors (Lipinski definition) is 0. The third kappa shape index (κ3) is 5.84. The molecular weight excluding hydrogens is 434 g/mol. The van der Waals surface area contributed by atoms with E-state index in [1.54, 1.807) is 48.5 Å². The second kappa shape index (κ2) is 9.27. The SMILES string of the molecule is O=C(Oc1ccc(OCC2CO2)cc1)c1cn(C(=O)Oc2ccc(OCC3CO3)cc2)nn1. The number of epoxide rings is 2. The van der Waals surface area contributed by atoms with E-state index in [0.29, 0.717) is 43.7 Å². The van der Waals surface area contributed by atoms with Crippen molar-refractivity contribution in [2.45, 2.75) is 12.2 Å². The summed E-state index contributed by atoms with van der Waals surface area (Å²) >= 11 is 0. The fourth-order valence-electron chi connectivity index (χ4n) is 2.67. The van der Waals surface area contributed by atoms with E-state index in [4.69, 9.17) is 28.4 Å². The van der Waals surface area contributed by atoms with Crippen LogP contribution in [0.2, 0.25) is 0 Å². The van der Waals surface area contributed by atoms with Gasteiger partial charge in [-0.15, -0.1) is 5.10 Å². The largest absolute Gasteiger partial charge is 0.491 e. The van der Waals surface area contributed by atoms with Gasteiger partial charge in [0.1, 0.15) is 48.4 Å². The van der Waals surface area contributed by atoms with Crippen molar-refractivity contribution in [3.05, 3.63) is 60.4 Å². The van der Waals surface area contributed by atoms with Crippen LogP contribution in [-0.2, 0) is 9.47 Å². The lowest BCUT2D eigenvalue weighted by molar-refractivity contribution is 0.0728. The normalized spacial score (nSPS) is 18.3. The highest BCUT2D eigenvalue weighted by molar-refractivity contribution is 5.89. The van der Waals surface area contributed by atoms with E-state index in [-0.39, 0.29) is 23.7 Å². The molecule has 0 N–H and O–H groups in total. The first-order chi connectivity index (χ1) is 16.1. The summed E-state index contributed by atoms with van der Waals surface area (Å²) in [6, 6.07) is 13.0. The Morgan fingerprint density at radius 3 is 1.82 bits per heavy atom. The highest BCUT2D eigenvalue weighted by Crippen LogP contribution is 2.21. The Labute approximate surface area is 187 Å². The van der Waals surface area contributed by atoms with Crippen LogP contribution in [-0.4, -0.2) is 65.7 Å². The Kier molecular flexibility index (Phi) is 5.87. The zero-order chi connectivity index (χ0) is 22.6. The molecule has 0 radical (unpaired) electrons. The van der Waals surface area contributed by atoms with E-state index in [1.807, 2.05) is 0 Å². The van der Waals surface area contributed by atoms with Gasteiger partial charge in [-0.1, -0.05) is 5.21 Å². The molecule has 2 unspecified atom stereocenters. The molecule has 0 spiro atoms. The highest BCUT2D eigenvalue weighted by atomic mass is 16.6. The minimum absolute atomic E-state index is 0.149. The molecule has 1 aromatic heterocycles. The predicted molar refractivity (Wildman–Crippen MR) is 110 cm³/mol. The van der Waals surface area contributed by atoms with Gasteiger partial charge < -0.3 is 28.4 Å². The molecule has 2 atom stereocenters. The summed E-state index contributed by atoms with van der Waals surface area (Å²) in [5.41, 5.74) is -0.149. The molecule has 2 fully saturated rings. The summed E-state index contributed by atoms with van der Waals surface area (Å²) in [7, 11) is 0. The number of carbonyl (C=O) groups excluding carboxylic acids is 2. The van der Waals surface area contributed by atoms with Crippen LogP contribution in [0.3, 0.4) is 0 Å². The van der Waals surface area contributed by atoms with E-state index < -0.39 is 12.1 Å². The van der Waals surface area contributed by atoms with E-state index in [0.717, 1.165) is 10.9 Å². The number of nitrogens with zero attached hydrogens (tertiary/aromatic N) is 3. The van der Waals surface area contributed by atoms with Crippen LogP contribution in [0.25, 0.3) is 0 Å². The van der Waals surface area contributed by atoms with Crippen molar-refractivity contribution in [3.8, 4) is 23.0 Å². The van der Waals surface area contributed by atoms with Crippen molar-refractivity contribution in [2.24, 2.45) is 0 Å². The smallest absolute Gasteiger partial charge is 0.441 e. The van der Waals surface area contributed by atoms with E-state index in [9.17, 15) is 9.59 Å². The summed E-state index contributed by atoms with van der Waals surface area (Å²) in [6.45, 7) is 2.37. The summed E-state index contributed by atoms with van der Waals surface area (Å²) in [5.74, 6) is 1.08. The van der Waals surface area contributed by atoms with Crippen molar-refractivity contribution in [2.75, 3.05) is 26.4 Å². The number of carbonyl (C=O) groups is 2. The average Bonchev–Trinajstić information content (AvgIpc) is 3.77. The lowest BCUT2D eigenvalue weighted by Crippen LogP contribution is -2.17. The van der Waals surface area contributed by atoms with Crippen molar-refractivity contribution < 1.29 is 38.0 Å². The zero-order valence-corrected chi connectivity index (χ0v) is 17.3. The average molecular weight is 453 g/mol. The van der Waals surface area contributed by atoms with Gasteiger partial charge in [0.25, 0.3) is 0 Å². The van der Waals surface area contributed by atoms with Gasteiger partial charge in [0, 0.05) is 0 Å². The Morgan fingerprint density at radius 1 is 0.818 bits per heavy atom. The summed E-state index contributed by atoms with van der Waals surface area (Å²) < 4.78 is 32.5. The van der Waals surface area contributed by atoms with Crippen LogP contribution in [0.4, 0.5) is 4.79 Å². The zero-order valence-electron chi connectivity index (χ0n) is 17.3. The molecule has 5 rings (SSSR count). The van der Waals surface area contributed by atoms with Gasteiger partial charge in [-0.05, 0) is 48.5 Å². The molecule has 2 aliphatic heterocycles. The van der Waals surface area contributed by atoms with Gasteiger partial charge in [-0.2, -0.15) is 4.68 Å². The minimum Gasteiger partial charge on any atom is -0.491 e. The molecule has 2 aromatic carbocycles. The Hall–Kier alpha value is -3.96. The standard InChI is InChI=1S/C22H19N3O8/c26-21(32-16-5-1-14(2-6-16)28-10-18-12-30-18)20-9-25(24-23-20)22(27)33-17-7-3-15(4-8-17)29-11-19-13-31-19/h1-9,18-19H,10-13H2. The molecule has 33 heavy (non-hydrogen) atoms. The molecule has 3 aromatic rings. The minimum atomic E-state index is -0.831. The molecule has 3 heterocycles. The van der Waals surface area contributed by atoms with Gasteiger partial charge in [0.15, 0.2) is 5.69 Å². The molecule has 2 aliphatic rings. The van der Waals surface area contributed by atoms with Gasteiger partial charge in [0.05, 0.1) is 19.4 Å². The number of ether oxygens (including phenoxy) is 6. The lowest BCUT2D eigenvalue weighted by atomic mass is 10.3. The Balaban J connectivity index is 1.12. The molecule has 11 heteroatoms. The molecular formula is C22H19N3O8. The Bertz CT molecular complexity index is 1030. The molecule has 0 bridgehead atoms. The second-order valence-corrected chi connectivity index (χ2v) is 7.28. The number of esters is 1. The monoisotopic (exact) mass is 453 g/mol. The number of hydrogen-bond acceptors (Lipinski definition) is 10. The van der Waals surface area contributed by atoms with E-state index in [1.165, 1.54) is 0 Å². The van der Waals surface area contributed by atoms with Crippen molar-refractivity contribution in [1.29, 1.82) is 0 Å². The first-order valence-corrected chi connectivity index (χ1v) is 10.2. The molecule has 0 aliphatic carbocycles. The topological polar surface area (TPSA) is 127 Å². The summed E-state index contributed by atoms with van der Waals surface area (Å²) in [6.07, 6.45) is 0.599. The fourth-order valence-corrected chi connectivity index (χ4v) is 2.67. The van der Waals surface area contributed by atoms with Gasteiger partial charge in [0.2, 0.25) is 0 Å². The second-order valence-electron chi connectivity index (χ2n) is 7.28. The number of benzene rings is 2. The maximum atomic E-state index is 12.3. The lowest BCUT2D eigenvalue weighted by Gasteiger charge is -2.06. The highest BCUT2D eigenvalue weighted by Gasteiger charge is 2.24. The van der Waals surface area contributed by atoms with Gasteiger partial charge in [-0.3, -0.25) is 0 Å². The fraction of sp³-hybridized carbons (Fsp3) is 0.273. The molecule has 0 saturated carbocycles. The van der Waals surface area contributed by atoms with Crippen LogP contribution in [0.1, 0.15) is 10.5 Å². The van der Waals surface area contributed by atoms with Crippen molar-refractivity contribution >= 4 is 12.1 Å². The predicted octanol–water partition coefficient (Wildman–Crippen LogP) is 2.10. The van der Waals surface area contributed by atoms with E-state index >= 15 is 0 Å². The maximum Gasteiger partial charge on any atom is 0.441 e. The van der Waals surface area contributed by atoms with Gasteiger partial charge in [-0.25, -0.2) is 9.59 Å². The molecule has 2 saturated heterocycles. The van der Waals surface area contributed by atoms with Crippen molar-refractivity contribution in [3.63, 3.8) is 0 Å². The van der Waals surface area contributed by atoms with Crippen LogP contribution in [0.15, 0.2) is 54.7 Å². The molecule has 0 amide bonds. The van der Waals surface area contributed by atoms with Gasteiger partial charge >= 0.3 is 12.1 Å². The summed E-state index contributed by atoms with van der Waals surface area (Å²) in [4.78, 5) is 24.6. The Morgan fingerprint density at radius 2 is 1.30 bits per heavy atom. The quantitative estimate of drug-likeness (QED) is 0.270. The van der Waals surface area contributed by atoms with Crippen LogP contribution < -0.4 is 18.9 Å². The molecule has 170 valence electrons. The maximum absolute atomic E-state index is 12.3. The number of aromatic nitrogens is 3. The third-order valence-corrected chi connectivity index (χ3v) is 4.63. The molecule has 11 nitrogen and oxygen atoms in total. The van der Waals surface area contributed by atoms with Crippen molar-refractivity contribution in [1.82, 2.24) is 15.0 Å². The first-order valence-electron chi connectivity index (χ1n) is 10.2. The third-order valence-electron chi connectivity index (χ3n) is 4.63. The number of rotatable bonds is 9. The first kappa shape index (κ1) is 20.9.